The van der Waals surface area contributed by atoms with Crippen LogP contribution in [0.1, 0.15) is 12.0 Å². The minimum atomic E-state index is 0. The summed E-state index contributed by atoms with van der Waals surface area (Å²) in [6.07, 6.45) is 3.44. The van der Waals surface area contributed by atoms with Crippen LogP contribution in [0, 0.1) is 0 Å². The summed E-state index contributed by atoms with van der Waals surface area (Å²) in [7, 11) is 4.98. The molecule has 9 heteroatoms. The van der Waals surface area contributed by atoms with Crippen molar-refractivity contribution in [2.75, 3.05) is 41.0 Å². The molecule has 0 radical (unpaired) electrons. The number of benzene rings is 1. The molecule has 29 heavy (non-hydrogen) atoms. The summed E-state index contributed by atoms with van der Waals surface area (Å²) in [5.41, 5.74) is 1.12. The standard InChI is InChI=1S/C20H27ClN4O3.HI/c1-22-20(24-9-7-15-5-6-19(21)25-14-15)23-8-4-10-28-18-12-16(26-2)11-17(13-18)27-3;/h5-6,11-14H,4,7-10H2,1-3H3,(H2,22,23,24);1H. The Hall–Kier alpha value is -1.94. The number of aromatic nitrogens is 1. The molecule has 0 saturated heterocycles. The number of guanidine groups is 1. The van der Waals surface area contributed by atoms with E-state index in [9.17, 15) is 0 Å². The molecule has 0 unspecified atom stereocenters. The van der Waals surface area contributed by atoms with Gasteiger partial charge in [-0.05, 0) is 24.5 Å². The zero-order valence-corrected chi connectivity index (χ0v) is 20.0. The maximum atomic E-state index is 5.79. The highest BCUT2D eigenvalue weighted by Gasteiger charge is 2.03. The van der Waals surface area contributed by atoms with Crippen LogP contribution in [0.4, 0.5) is 0 Å². The van der Waals surface area contributed by atoms with E-state index in [-0.39, 0.29) is 24.0 Å². The van der Waals surface area contributed by atoms with E-state index in [4.69, 9.17) is 25.8 Å². The molecule has 0 amide bonds. The first-order valence-electron chi connectivity index (χ1n) is 9.05. The van der Waals surface area contributed by atoms with E-state index in [0.717, 1.165) is 43.2 Å². The largest absolute Gasteiger partial charge is 0.496 e. The highest BCUT2D eigenvalue weighted by atomic mass is 127. The maximum Gasteiger partial charge on any atom is 0.190 e. The molecule has 2 aromatic rings. The molecule has 0 fully saturated rings. The summed E-state index contributed by atoms with van der Waals surface area (Å²) in [6, 6.07) is 9.24. The van der Waals surface area contributed by atoms with E-state index in [1.807, 2.05) is 24.3 Å². The van der Waals surface area contributed by atoms with Crippen molar-refractivity contribution in [3.63, 3.8) is 0 Å². The van der Waals surface area contributed by atoms with Gasteiger partial charge in [0.15, 0.2) is 5.96 Å². The number of methoxy groups -OCH3 is 2. The molecule has 160 valence electrons. The third kappa shape index (κ3) is 9.40. The number of pyridine rings is 1. The van der Waals surface area contributed by atoms with Crippen molar-refractivity contribution in [1.82, 2.24) is 15.6 Å². The fourth-order valence-electron chi connectivity index (χ4n) is 2.43. The quantitative estimate of drug-likeness (QED) is 0.160. The van der Waals surface area contributed by atoms with Crippen molar-refractivity contribution < 1.29 is 14.2 Å². The first-order valence-corrected chi connectivity index (χ1v) is 9.43. The highest BCUT2D eigenvalue weighted by molar-refractivity contribution is 14.0. The number of ether oxygens (including phenoxy) is 3. The second-order valence-electron chi connectivity index (χ2n) is 5.92. The molecular formula is C20H28ClIN4O3. The summed E-state index contributed by atoms with van der Waals surface area (Å²) in [6.45, 7) is 2.06. The van der Waals surface area contributed by atoms with Gasteiger partial charge in [0.05, 0.1) is 20.8 Å². The zero-order valence-electron chi connectivity index (χ0n) is 16.9. The molecule has 1 heterocycles. The minimum Gasteiger partial charge on any atom is -0.496 e. The third-order valence-electron chi connectivity index (χ3n) is 3.93. The van der Waals surface area contributed by atoms with Crippen LogP contribution in [0.25, 0.3) is 0 Å². The lowest BCUT2D eigenvalue weighted by Crippen LogP contribution is -2.39. The van der Waals surface area contributed by atoms with Gasteiger partial charge in [-0.3, -0.25) is 4.99 Å². The molecule has 0 aliphatic carbocycles. The van der Waals surface area contributed by atoms with Crippen molar-refractivity contribution in [3.8, 4) is 17.2 Å². The minimum absolute atomic E-state index is 0. The smallest absolute Gasteiger partial charge is 0.190 e. The molecule has 0 aliphatic rings. The van der Waals surface area contributed by atoms with Crippen LogP contribution in [-0.4, -0.2) is 51.9 Å². The van der Waals surface area contributed by atoms with Crippen LogP contribution in [0.2, 0.25) is 5.15 Å². The molecule has 1 aromatic heterocycles. The number of hydrogen-bond donors (Lipinski definition) is 2. The van der Waals surface area contributed by atoms with Gasteiger partial charge in [-0.15, -0.1) is 24.0 Å². The molecule has 1 aromatic carbocycles. The summed E-state index contributed by atoms with van der Waals surface area (Å²) in [5, 5.41) is 7.05. The fourth-order valence-corrected chi connectivity index (χ4v) is 2.55. The first kappa shape index (κ1) is 25.1. The van der Waals surface area contributed by atoms with Crippen LogP contribution in [0.3, 0.4) is 0 Å². The van der Waals surface area contributed by atoms with E-state index in [2.05, 4.69) is 20.6 Å². The Morgan fingerprint density at radius 1 is 1.03 bits per heavy atom. The Bertz CT molecular complexity index is 738. The average Bonchev–Trinajstić information content (AvgIpc) is 2.73. The normalized spacial score (nSPS) is 10.7. The first-order chi connectivity index (χ1) is 13.6. The lowest BCUT2D eigenvalue weighted by atomic mass is 10.2. The third-order valence-corrected chi connectivity index (χ3v) is 4.15. The lowest BCUT2D eigenvalue weighted by molar-refractivity contribution is 0.305. The van der Waals surface area contributed by atoms with Gasteiger partial charge < -0.3 is 24.8 Å². The van der Waals surface area contributed by atoms with E-state index in [1.54, 1.807) is 33.5 Å². The number of nitrogens with zero attached hydrogens (tertiary/aromatic N) is 2. The Balaban J connectivity index is 0.00000420. The van der Waals surface area contributed by atoms with Crippen LogP contribution < -0.4 is 24.8 Å². The van der Waals surface area contributed by atoms with Gasteiger partial charge >= 0.3 is 0 Å². The van der Waals surface area contributed by atoms with E-state index < -0.39 is 0 Å². The Labute approximate surface area is 194 Å². The predicted octanol–water partition coefficient (Wildman–Crippen LogP) is 3.55. The lowest BCUT2D eigenvalue weighted by Gasteiger charge is -2.13. The topological polar surface area (TPSA) is 77.0 Å². The van der Waals surface area contributed by atoms with Crippen LogP contribution in [0.15, 0.2) is 41.5 Å². The van der Waals surface area contributed by atoms with Gasteiger partial charge in [0.25, 0.3) is 0 Å². The van der Waals surface area contributed by atoms with Crippen molar-refractivity contribution in [3.05, 3.63) is 47.2 Å². The monoisotopic (exact) mass is 534 g/mol. The second kappa shape index (κ2) is 14.1. The van der Waals surface area contributed by atoms with Gasteiger partial charge in [-0.2, -0.15) is 0 Å². The number of rotatable bonds is 10. The predicted molar refractivity (Wildman–Crippen MR) is 127 cm³/mol. The highest BCUT2D eigenvalue weighted by Crippen LogP contribution is 2.27. The van der Waals surface area contributed by atoms with Crippen molar-refractivity contribution >= 4 is 41.5 Å². The van der Waals surface area contributed by atoms with E-state index >= 15 is 0 Å². The van der Waals surface area contributed by atoms with Crippen LogP contribution in [-0.2, 0) is 6.42 Å². The summed E-state index contributed by atoms with van der Waals surface area (Å²) in [4.78, 5) is 8.29. The zero-order chi connectivity index (χ0) is 20.2. The second-order valence-corrected chi connectivity index (χ2v) is 6.30. The van der Waals surface area contributed by atoms with Gasteiger partial charge in [0.1, 0.15) is 22.4 Å². The number of halogens is 2. The number of hydrogen-bond acceptors (Lipinski definition) is 5. The number of aliphatic imine (C=N–C) groups is 1. The number of nitrogens with one attached hydrogen (secondary N) is 2. The molecule has 7 nitrogen and oxygen atoms in total. The van der Waals surface area contributed by atoms with Crippen molar-refractivity contribution in [2.45, 2.75) is 12.8 Å². The van der Waals surface area contributed by atoms with Crippen LogP contribution >= 0.6 is 35.6 Å². The SMILES string of the molecule is CN=C(NCCCOc1cc(OC)cc(OC)c1)NCCc1ccc(Cl)nc1.I. The fraction of sp³-hybridized carbons (Fsp3) is 0.400. The molecule has 0 bridgehead atoms. The molecule has 0 atom stereocenters. The summed E-state index contributed by atoms with van der Waals surface area (Å²) in [5.74, 6) is 2.88. The van der Waals surface area contributed by atoms with Crippen molar-refractivity contribution in [2.24, 2.45) is 4.99 Å². The molecule has 0 spiro atoms. The van der Waals surface area contributed by atoms with Gasteiger partial charge in [0, 0.05) is 44.5 Å². The van der Waals surface area contributed by atoms with Crippen LogP contribution in [0.5, 0.6) is 17.2 Å². The van der Waals surface area contributed by atoms with E-state index in [0.29, 0.717) is 23.3 Å². The molecule has 0 aliphatic heterocycles. The Morgan fingerprint density at radius 2 is 1.69 bits per heavy atom. The van der Waals surface area contributed by atoms with Crippen molar-refractivity contribution in [1.29, 1.82) is 0 Å². The van der Waals surface area contributed by atoms with Gasteiger partial charge in [-0.25, -0.2) is 4.98 Å². The van der Waals surface area contributed by atoms with Gasteiger partial charge in [-0.1, -0.05) is 17.7 Å². The molecule has 2 rings (SSSR count). The van der Waals surface area contributed by atoms with Gasteiger partial charge in [0.2, 0.25) is 0 Å². The molecule has 2 N–H and O–H groups in total. The van der Waals surface area contributed by atoms with E-state index in [1.165, 1.54) is 0 Å². The molecule has 0 saturated carbocycles. The summed E-state index contributed by atoms with van der Waals surface area (Å²) < 4.78 is 16.3. The molecular weight excluding hydrogens is 507 g/mol. The maximum absolute atomic E-state index is 5.79. The Morgan fingerprint density at radius 3 is 2.28 bits per heavy atom. The Kier molecular flexibility index (Phi) is 12.2. The average molecular weight is 535 g/mol. The summed E-state index contributed by atoms with van der Waals surface area (Å²) >= 11 is 5.79.